The van der Waals surface area contributed by atoms with E-state index in [9.17, 15) is 5.11 Å². The molecular weight excluding hydrogens is 302 g/mol. The van der Waals surface area contributed by atoms with Crippen LogP contribution in [0.1, 0.15) is 11.3 Å². The predicted molar refractivity (Wildman–Crippen MR) is 90.3 cm³/mol. The molecule has 0 amide bonds. The van der Waals surface area contributed by atoms with Crippen molar-refractivity contribution in [3.05, 3.63) is 96.6 Å². The maximum Gasteiger partial charge on any atom is 0.271 e. The Morgan fingerprint density at radius 3 is 2.33 bits per heavy atom. The molecule has 1 N–H and O–H groups in total. The van der Waals surface area contributed by atoms with Gasteiger partial charge in [-0.1, -0.05) is 54.6 Å². The Morgan fingerprint density at radius 2 is 1.62 bits per heavy atom. The Balaban J connectivity index is 1.45. The fourth-order valence-electron chi connectivity index (χ4n) is 2.73. The van der Waals surface area contributed by atoms with Gasteiger partial charge in [0.25, 0.3) is 5.79 Å². The first-order chi connectivity index (χ1) is 11.7. The Hall–Kier alpha value is -2.82. The molecule has 1 unspecified atom stereocenters. The molecule has 1 aliphatic rings. The molecule has 3 aromatic rings. The zero-order chi connectivity index (χ0) is 16.4. The quantitative estimate of drug-likeness (QED) is 0.788. The normalized spacial score (nSPS) is 19.8. The summed E-state index contributed by atoms with van der Waals surface area (Å²) < 4.78 is 5.23. The number of benzene rings is 2. The molecule has 1 aliphatic heterocycles. The van der Waals surface area contributed by atoms with Gasteiger partial charge < -0.3 is 9.52 Å². The smallest absolute Gasteiger partial charge is 0.271 e. The Morgan fingerprint density at radius 1 is 0.875 bits per heavy atom. The van der Waals surface area contributed by atoms with Crippen LogP contribution in [0, 0.1) is 0 Å². The van der Waals surface area contributed by atoms with Crippen LogP contribution in [0.15, 0.2) is 89.7 Å². The molecule has 0 spiro atoms. The molecule has 4 nitrogen and oxygen atoms in total. The van der Waals surface area contributed by atoms with Gasteiger partial charge in [0.05, 0.1) is 12.8 Å². The fraction of sp³-hybridized carbons (Fsp3) is 0.100. The second-order valence-electron chi connectivity index (χ2n) is 5.72. The number of hydrogen-bond acceptors (Lipinski definition) is 4. The van der Waals surface area contributed by atoms with E-state index >= 15 is 0 Å². The SMILES string of the molecule is OC1(c2ccco2)C=CN(Cc2ccc(-c3ccccc3)cc2)O1. The summed E-state index contributed by atoms with van der Waals surface area (Å²) >= 11 is 0. The van der Waals surface area contributed by atoms with E-state index in [-0.39, 0.29) is 0 Å². The van der Waals surface area contributed by atoms with Crippen LogP contribution >= 0.6 is 0 Å². The summed E-state index contributed by atoms with van der Waals surface area (Å²) in [6, 6.07) is 21.9. The second-order valence-corrected chi connectivity index (χ2v) is 5.72. The van der Waals surface area contributed by atoms with Gasteiger partial charge in [-0.15, -0.1) is 0 Å². The van der Waals surface area contributed by atoms with Gasteiger partial charge in [-0.3, -0.25) is 5.06 Å². The van der Waals surface area contributed by atoms with E-state index in [2.05, 4.69) is 36.4 Å². The van der Waals surface area contributed by atoms with E-state index in [0.29, 0.717) is 12.3 Å². The summed E-state index contributed by atoms with van der Waals surface area (Å²) in [5.41, 5.74) is 3.45. The Labute approximate surface area is 140 Å². The van der Waals surface area contributed by atoms with Gasteiger partial charge in [0.2, 0.25) is 0 Å². The van der Waals surface area contributed by atoms with Crippen LogP contribution in [0.3, 0.4) is 0 Å². The largest absolute Gasteiger partial charge is 0.463 e. The van der Waals surface area contributed by atoms with E-state index in [1.165, 1.54) is 17.4 Å². The van der Waals surface area contributed by atoms with Crippen molar-refractivity contribution in [1.29, 1.82) is 0 Å². The molecule has 0 radical (unpaired) electrons. The first kappa shape index (κ1) is 14.8. The molecule has 0 saturated carbocycles. The first-order valence-electron chi connectivity index (χ1n) is 7.79. The molecule has 4 heteroatoms. The minimum absolute atomic E-state index is 0.362. The van der Waals surface area contributed by atoms with Gasteiger partial charge in [0, 0.05) is 12.3 Å². The fourth-order valence-corrected chi connectivity index (χ4v) is 2.73. The van der Waals surface area contributed by atoms with Gasteiger partial charge in [0.1, 0.15) is 0 Å². The zero-order valence-electron chi connectivity index (χ0n) is 13.0. The van der Waals surface area contributed by atoms with Gasteiger partial charge in [-0.05, 0) is 28.8 Å². The van der Waals surface area contributed by atoms with Crippen LogP contribution in [0.5, 0.6) is 0 Å². The summed E-state index contributed by atoms with van der Waals surface area (Å²) in [7, 11) is 0. The van der Waals surface area contributed by atoms with Crippen molar-refractivity contribution < 1.29 is 14.4 Å². The van der Waals surface area contributed by atoms with E-state index in [4.69, 9.17) is 9.25 Å². The summed E-state index contributed by atoms with van der Waals surface area (Å²) in [6.07, 6.45) is 4.80. The number of nitrogens with zero attached hydrogens (tertiary/aromatic N) is 1. The van der Waals surface area contributed by atoms with Crippen molar-refractivity contribution in [1.82, 2.24) is 5.06 Å². The standard InChI is InChI=1S/C20H17NO3/c22-20(19-7-4-14-23-19)12-13-21(24-20)15-16-8-10-18(11-9-16)17-5-2-1-3-6-17/h1-14,22H,15H2. The molecule has 0 fully saturated rings. The third kappa shape index (κ3) is 2.85. The van der Waals surface area contributed by atoms with Crippen LogP contribution in [0.25, 0.3) is 11.1 Å². The van der Waals surface area contributed by atoms with Crippen molar-refractivity contribution >= 4 is 0 Å². The second kappa shape index (κ2) is 6.00. The average molecular weight is 319 g/mol. The highest BCUT2D eigenvalue weighted by atomic mass is 16.8. The van der Waals surface area contributed by atoms with Gasteiger partial charge >= 0.3 is 0 Å². The Kier molecular flexibility index (Phi) is 3.69. The van der Waals surface area contributed by atoms with Gasteiger partial charge in [-0.2, -0.15) is 0 Å². The predicted octanol–water partition coefficient (Wildman–Crippen LogP) is 4.05. The Bertz CT molecular complexity index is 825. The van der Waals surface area contributed by atoms with Gasteiger partial charge in [0.15, 0.2) is 5.76 Å². The molecule has 0 bridgehead atoms. The van der Waals surface area contributed by atoms with Gasteiger partial charge in [-0.25, -0.2) is 4.84 Å². The van der Waals surface area contributed by atoms with Crippen molar-refractivity contribution in [2.24, 2.45) is 0 Å². The summed E-state index contributed by atoms with van der Waals surface area (Å²) in [6.45, 7) is 0.536. The minimum atomic E-state index is -1.53. The summed E-state index contributed by atoms with van der Waals surface area (Å²) in [4.78, 5) is 5.60. The van der Waals surface area contributed by atoms with Crippen molar-refractivity contribution in [2.45, 2.75) is 12.3 Å². The topological polar surface area (TPSA) is 45.8 Å². The lowest BCUT2D eigenvalue weighted by Crippen LogP contribution is -2.28. The van der Waals surface area contributed by atoms with Crippen molar-refractivity contribution in [3.8, 4) is 11.1 Å². The summed E-state index contributed by atoms with van der Waals surface area (Å²) in [5, 5.41) is 12.0. The number of hydrogen-bond donors (Lipinski definition) is 1. The van der Waals surface area contributed by atoms with E-state index in [1.54, 1.807) is 29.5 Å². The maximum atomic E-state index is 10.4. The van der Waals surface area contributed by atoms with Crippen LogP contribution in [0.4, 0.5) is 0 Å². The van der Waals surface area contributed by atoms with Crippen molar-refractivity contribution in [2.75, 3.05) is 0 Å². The molecule has 1 atom stereocenters. The lowest BCUT2D eigenvalue weighted by atomic mass is 10.0. The molecule has 4 rings (SSSR count). The minimum Gasteiger partial charge on any atom is -0.463 e. The number of rotatable bonds is 4. The third-order valence-corrected chi connectivity index (χ3v) is 4.00. The van der Waals surface area contributed by atoms with Crippen LogP contribution in [-0.2, 0) is 17.2 Å². The van der Waals surface area contributed by atoms with E-state index in [1.807, 2.05) is 18.2 Å². The lowest BCUT2D eigenvalue weighted by molar-refractivity contribution is -0.287. The molecule has 1 aromatic heterocycles. The molecule has 0 saturated heterocycles. The molecule has 24 heavy (non-hydrogen) atoms. The monoisotopic (exact) mass is 319 g/mol. The van der Waals surface area contributed by atoms with Crippen molar-refractivity contribution in [3.63, 3.8) is 0 Å². The van der Waals surface area contributed by atoms with Crippen LogP contribution < -0.4 is 0 Å². The lowest BCUT2D eigenvalue weighted by Gasteiger charge is -2.22. The highest BCUT2D eigenvalue weighted by molar-refractivity contribution is 5.63. The molecule has 0 aliphatic carbocycles. The highest BCUT2D eigenvalue weighted by Crippen LogP contribution is 2.32. The van der Waals surface area contributed by atoms with Crippen LogP contribution in [0.2, 0.25) is 0 Å². The maximum absolute atomic E-state index is 10.4. The number of furan rings is 1. The molecule has 120 valence electrons. The average Bonchev–Trinajstić information content (AvgIpc) is 3.28. The third-order valence-electron chi connectivity index (χ3n) is 4.00. The van der Waals surface area contributed by atoms with Crippen LogP contribution in [-0.4, -0.2) is 10.2 Å². The zero-order valence-corrected chi connectivity index (χ0v) is 13.0. The highest BCUT2D eigenvalue weighted by Gasteiger charge is 2.37. The number of hydroxylamine groups is 2. The number of aliphatic hydroxyl groups is 1. The molecule has 2 heterocycles. The molecular formula is C20H17NO3. The van der Waals surface area contributed by atoms with E-state index < -0.39 is 5.79 Å². The van der Waals surface area contributed by atoms with E-state index in [0.717, 1.165) is 5.56 Å². The molecule has 2 aromatic carbocycles. The summed E-state index contributed by atoms with van der Waals surface area (Å²) in [5.74, 6) is -1.17. The first-order valence-corrected chi connectivity index (χ1v) is 7.79.